The van der Waals surface area contributed by atoms with Crippen molar-refractivity contribution in [3.05, 3.63) is 52.5 Å². The molecule has 8 nitrogen and oxygen atoms in total. The summed E-state index contributed by atoms with van der Waals surface area (Å²) in [5, 5.41) is 0.0298. The van der Waals surface area contributed by atoms with E-state index in [0.717, 1.165) is 25.7 Å². The van der Waals surface area contributed by atoms with Crippen LogP contribution in [0.2, 0.25) is 5.02 Å². The molecule has 1 saturated heterocycles. The predicted molar refractivity (Wildman–Crippen MR) is 116 cm³/mol. The third-order valence-corrected chi connectivity index (χ3v) is 7.76. The van der Waals surface area contributed by atoms with Crippen molar-refractivity contribution in [1.82, 2.24) is 4.31 Å². The van der Waals surface area contributed by atoms with Gasteiger partial charge in [-0.1, -0.05) is 24.4 Å². The first-order chi connectivity index (χ1) is 15.4. The maximum absolute atomic E-state index is 13.1. The Morgan fingerprint density at radius 2 is 1.62 bits per heavy atom. The molecule has 0 amide bonds. The van der Waals surface area contributed by atoms with Crippen LogP contribution in [0.1, 0.15) is 46.4 Å². The van der Waals surface area contributed by atoms with Gasteiger partial charge in [-0.25, -0.2) is 13.2 Å². The minimum atomic E-state index is -3.85. The van der Waals surface area contributed by atoms with Gasteiger partial charge in [0.15, 0.2) is 23.9 Å². The van der Waals surface area contributed by atoms with E-state index >= 15 is 0 Å². The van der Waals surface area contributed by atoms with Crippen molar-refractivity contribution in [2.24, 2.45) is 0 Å². The second kappa shape index (κ2) is 9.48. The number of carbonyl (C=O) groups is 2. The van der Waals surface area contributed by atoms with Gasteiger partial charge >= 0.3 is 5.97 Å². The Bertz CT molecular complexity index is 1140. The average molecular weight is 480 g/mol. The number of ketones is 1. The van der Waals surface area contributed by atoms with E-state index in [9.17, 15) is 18.0 Å². The quantitative estimate of drug-likeness (QED) is 0.460. The highest BCUT2D eigenvalue weighted by molar-refractivity contribution is 7.89. The Morgan fingerprint density at radius 1 is 0.938 bits per heavy atom. The Morgan fingerprint density at radius 3 is 2.38 bits per heavy atom. The number of Topliss-reactive ketones (excluding diaryl/α,β-unsaturated/α-hetero) is 1. The van der Waals surface area contributed by atoms with Gasteiger partial charge in [-0.15, -0.1) is 0 Å². The van der Waals surface area contributed by atoms with Crippen LogP contribution in [0.3, 0.4) is 0 Å². The van der Waals surface area contributed by atoms with Gasteiger partial charge in [0.05, 0.1) is 10.6 Å². The first-order valence-corrected chi connectivity index (χ1v) is 12.1. The van der Waals surface area contributed by atoms with E-state index in [0.29, 0.717) is 30.2 Å². The van der Waals surface area contributed by atoms with Crippen molar-refractivity contribution < 1.29 is 32.2 Å². The molecule has 0 bridgehead atoms. The number of hydrogen-bond acceptors (Lipinski definition) is 7. The Kier molecular flexibility index (Phi) is 6.68. The lowest BCUT2D eigenvalue weighted by Gasteiger charge is -2.21. The lowest BCUT2D eigenvalue weighted by molar-refractivity contribution is 0.0474. The minimum Gasteiger partial charge on any atom is -0.454 e. The van der Waals surface area contributed by atoms with E-state index in [1.54, 1.807) is 12.1 Å². The predicted octanol–water partition coefficient (Wildman–Crippen LogP) is 3.67. The van der Waals surface area contributed by atoms with Gasteiger partial charge in [0.1, 0.15) is 4.90 Å². The van der Waals surface area contributed by atoms with Crippen molar-refractivity contribution in [3.8, 4) is 11.5 Å². The molecule has 2 heterocycles. The number of ether oxygens (including phenoxy) is 3. The fourth-order valence-electron chi connectivity index (χ4n) is 3.62. The Balaban J connectivity index is 1.46. The Labute approximate surface area is 191 Å². The van der Waals surface area contributed by atoms with Crippen LogP contribution in [-0.2, 0) is 14.8 Å². The van der Waals surface area contributed by atoms with Gasteiger partial charge in [0.25, 0.3) is 0 Å². The summed E-state index contributed by atoms with van der Waals surface area (Å²) in [7, 11) is -3.85. The Hall–Kier alpha value is -2.62. The SMILES string of the molecule is O=C(COC(=O)c1ccc(Cl)c(S(=O)(=O)N2CCCCCC2)c1)c1ccc2c(c1)OCO2. The maximum Gasteiger partial charge on any atom is 0.338 e. The van der Waals surface area contributed by atoms with Crippen LogP contribution in [0.4, 0.5) is 0 Å². The number of nitrogens with zero attached hydrogens (tertiary/aromatic N) is 1. The fourth-order valence-corrected chi connectivity index (χ4v) is 5.63. The number of carbonyl (C=O) groups excluding carboxylic acids is 2. The smallest absolute Gasteiger partial charge is 0.338 e. The van der Waals surface area contributed by atoms with E-state index in [1.807, 2.05) is 0 Å². The van der Waals surface area contributed by atoms with Crippen molar-refractivity contribution in [3.63, 3.8) is 0 Å². The molecule has 0 aromatic heterocycles. The van der Waals surface area contributed by atoms with E-state index in [1.165, 1.54) is 28.6 Å². The van der Waals surface area contributed by atoms with Crippen LogP contribution in [0.25, 0.3) is 0 Å². The molecule has 0 radical (unpaired) electrons. The number of esters is 1. The molecule has 0 aliphatic carbocycles. The number of hydrogen-bond donors (Lipinski definition) is 0. The molecule has 2 aliphatic rings. The number of sulfonamides is 1. The molecule has 0 saturated carbocycles. The average Bonchev–Trinajstić information content (AvgIpc) is 3.08. The summed E-state index contributed by atoms with van der Waals surface area (Å²) < 4.78 is 43.2. The summed E-state index contributed by atoms with van der Waals surface area (Å²) in [6.07, 6.45) is 3.51. The van der Waals surface area contributed by atoms with E-state index < -0.39 is 28.4 Å². The van der Waals surface area contributed by atoms with Crippen LogP contribution < -0.4 is 9.47 Å². The molecule has 170 valence electrons. The summed E-state index contributed by atoms with van der Waals surface area (Å²) in [4.78, 5) is 24.8. The molecule has 2 aromatic rings. The molecule has 4 rings (SSSR count). The van der Waals surface area contributed by atoms with Gasteiger partial charge < -0.3 is 14.2 Å². The molecule has 2 aromatic carbocycles. The van der Waals surface area contributed by atoms with Gasteiger partial charge in [0.2, 0.25) is 16.8 Å². The topological polar surface area (TPSA) is 99.2 Å². The minimum absolute atomic E-state index is 0.00119. The van der Waals surface area contributed by atoms with Crippen LogP contribution in [-0.4, -0.2) is 51.0 Å². The maximum atomic E-state index is 13.1. The highest BCUT2D eigenvalue weighted by atomic mass is 35.5. The first kappa shape index (κ1) is 22.6. The number of rotatable bonds is 6. The molecule has 32 heavy (non-hydrogen) atoms. The highest BCUT2D eigenvalue weighted by Gasteiger charge is 2.28. The van der Waals surface area contributed by atoms with Gasteiger partial charge in [-0.2, -0.15) is 4.31 Å². The second-order valence-corrected chi connectivity index (χ2v) is 9.84. The molecule has 0 unspecified atom stereocenters. The third kappa shape index (κ3) is 4.74. The van der Waals surface area contributed by atoms with Gasteiger partial charge in [-0.05, 0) is 49.2 Å². The molecule has 1 fully saturated rings. The van der Waals surface area contributed by atoms with E-state index in [4.69, 9.17) is 25.8 Å². The van der Waals surface area contributed by atoms with Crippen molar-refractivity contribution in [1.29, 1.82) is 0 Å². The van der Waals surface area contributed by atoms with Crippen molar-refractivity contribution >= 4 is 33.4 Å². The fraction of sp³-hybridized carbons (Fsp3) is 0.364. The molecule has 10 heteroatoms. The molecule has 2 aliphatic heterocycles. The summed E-state index contributed by atoms with van der Waals surface area (Å²) in [5.41, 5.74) is 0.309. The highest BCUT2D eigenvalue weighted by Crippen LogP contribution is 2.32. The normalized spacial score (nSPS) is 16.4. The zero-order valence-corrected chi connectivity index (χ0v) is 18.8. The zero-order chi connectivity index (χ0) is 22.7. The lowest BCUT2D eigenvalue weighted by Crippen LogP contribution is -2.32. The third-order valence-electron chi connectivity index (χ3n) is 5.38. The van der Waals surface area contributed by atoms with Gasteiger partial charge in [-0.3, -0.25) is 4.79 Å². The molecule has 0 atom stereocenters. The first-order valence-electron chi connectivity index (χ1n) is 10.3. The molecular formula is C22H22ClNO7S. The molecule has 0 spiro atoms. The van der Waals surface area contributed by atoms with Gasteiger partial charge in [0, 0.05) is 18.7 Å². The second-order valence-electron chi connectivity index (χ2n) is 7.53. The standard InChI is InChI=1S/C22H22ClNO7S/c23-17-7-5-16(12-21(17)32(27,28)24-9-3-1-2-4-10-24)22(26)29-13-18(25)15-6-8-19-20(11-15)31-14-30-19/h5-8,11-12H,1-4,9-10,13-14H2. The van der Waals surface area contributed by atoms with Crippen LogP contribution in [0.5, 0.6) is 11.5 Å². The number of benzene rings is 2. The number of halogens is 1. The monoisotopic (exact) mass is 479 g/mol. The van der Waals surface area contributed by atoms with Crippen LogP contribution in [0, 0.1) is 0 Å². The summed E-state index contributed by atoms with van der Waals surface area (Å²) in [6.45, 7) is 0.408. The van der Waals surface area contributed by atoms with E-state index in [-0.39, 0.29) is 22.3 Å². The molecule has 0 N–H and O–H groups in total. The van der Waals surface area contributed by atoms with Crippen molar-refractivity contribution in [2.45, 2.75) is 30.6 Å². The van der Waals surface area contributed by atoms with Crippen LogP contribution >= 0.6 is 11.6 Å². The number of fused-ring (bicyclic) bond motifs is 1. The summed E-state index contributed by atoms with van der Waals surface area (Å²) >= 11 is 6.17. The molecular weight excluding hydrogens is 458 g/mol. The zero-order valence-electron chi connectivity index (χ0n) is 17.2. The summed E-state index contributed by atoms with van der Waals surface area (Å²) in [5.74, 6) is -0.257. The summed E-state index contributed by atoms with van der Waals surface area (Å²) in [6, 6.07) is 8.61. The largest absolute Gasteiger partial charge is 0.454 e. The van der Waals surface area contributed by atoms with Crippen molar-refractivity contribution in [2.75, 3.05) is 26.5 Å². The lowest BCUT2D eigenvalue weighted by atomic mass is 10.1. The van der Waals surface area contributed by atoms with E-state index in [2.05, 4.69) is 0 Å². The van der Waals surface area contributed by atoms with Crippen LogP contribution in [0.15, 0.2) is 41.3 Å².